The Balaban J connectivity index is 1.71. The highest BCUT2D eigenvalue weighted by atomic mass is 32.2. The van der Waals surface area contributed by atoms with Gasteiger partial charge in [-0.3, -0.25) is 20.4 Å². The fraction of sp³-hybridized carbons (Fsp3) is 0.316. The molecule has 1 aromatic carbocycles. The van der Waals surface area contributed by atoms with Crippen molar-refractivity contribution in [1.29, 1.82) is 0 Å². The zero-order valence-electron chi connectivity index (χ0n) is 18.2. The summed E-state index contributed by atoms with van der Waals surface area (Å²) in [5.41, 5.74) is 6.79. The molecule has 0 aliphatic heterocycles. The fourth-order valence-corrected chi connectivity index (χ4v) is 4.23. The largest absolute Gasteiger partial charge is 0.273 e. The smallest absolute Gasteiger partial charge is 0.269 e. The maximum atomic E-state index is 12.5. The molecule has 3 aromatic rings. The van der Waals surface area contributed by atoms with Crippen molar-refractivity contribution in [1.82, 2.24) is 34.7 Å². The van der Waals surface area contributed by atoms with Crippen molar-refractivity contribution in [3.8, 4) is 0 Å². The van der Waals surface area contributed by atoms with E-state index in [9.17, 15) is 18.0 Å². The minimum absolute atomic E-state index is 0.0236. The number of hydrazine groups is 1. The van der Waals surface area contributed by atoms with E-state index in [1.54, 1.807) is 11.4 Å². The molecule has 170 valence electrons. The van der Waals surface area contributed by atoms with Gasteiger partial charge in [0.2, 0.25) is 21.1 Å². The predicted molar refractivity (Wildman–Crippen MR) is 119 cm³/mol. The third-order valence-electron chi connectivity index (χ3n) is 4.74. The Hall–Kier alpha value is -3.03. The Morgan fingerprint density at radius 2 is 1.88 bits per heavy atom. The van der Waals surface area contributed by atoms with Crippen LogP contribution in [-0.4, -0.2) is 64.5 Å². The van der Waals surface area contributed by atoms with Gasteiger partial charge in [-0.15, -0.1) is 5.10 Å². The van der Waals surface area contributed by atoms with Gasteiger partial charge in [-0.25, -0.2) is 22.2 Å². The average molecular weight is 478 g/mol. The number of aromatic nitrogens is 4. The summed E-state index contributed by atoms with van der Waals surface area (Å²) in [7, 11) is -0.884. The maximum absolute atomic E-state index is 12.5. The SMILES string of the molecule is CSc1nc2nc(C)c(CC(=O)NNC(=O)c3cccc(S(=O)(=O)N(C)C)c3)c(C)n2n1. The van der Waals surface area contributed by atoms with Crippen LogP contribution in [0.5, 0.6) is 0 Å². The van der Waals surface area contributed by atoms with Crippen molar-refractivity contribution in [3.05, 3.63) is 46.8 Å². The Morgan fingerprint density at radius 1 is 1.16 bits per heavy atom. The summed E-state index contributed by atoms with van der Waals surface area (Å²) in [5, 5.41) is 4.92. The molecule has 0 bridgehead atoms. The zero-order chi connectivity index (χ0) is 23.6. The highest BCUT2D eigenvalue weighted by Gasteiger charge is 2.20. The van der Waals surface area contributed by atoms with E-state index >= 15 is 0 Å². The molecule has 2 heterocycles. The number of fused-ring (bicyclic) bond motifs is 1. The Labute approximate surface area is 189 Å². The van der Waals surface area contributed by atoms with Gasteiger partial charge in [-0.2, -0.15) is 4.98 Å². The molecule has 0 aliphatic carbocycles. The molecule has 0 spiro atoms. The van der Waals surface area contributed by atoms with E-state index in [1.165, 1.54) is 50.1 Å². The van der Waals surface area contributed by atoms with Gasteiger partial charge < -0.3 is 0 Å². The van der Waals surface area contributed by atoms with Crippen LogP contribution < -0.4 is 10.9 Å². The first-order chi connectivity index (χ1) is 15.0. The van der Waals surface area contributed by atoms with Gasteiger partial charge in [0.25, 0.3) is 11.7 Å². The third-order valence-corrected chi connectivity index (χ3v) is 7.09. The molecule has 13 heteroatoms. The van der Waals surface area contributed by atoms with Crippen molar-refractivity contribution >= 4 is 39.4 Å². The minimum atomic E-state index is -3.69. The van der Waals surface area contributed by atoms with Crippen molar-refractivity contribution < 1.29 is 18.0 Å². The molecule has 2 amide bonds. The summed E-state index contributed by atoms with van der Waals surface area (Å²) in [5.74, 6) is -0.653. The highest BCUT2D eigenvalue weighted by Crippen LogP contribution is 2.17. The number of sulfonamides is 1. The number of nitrogens with zero attached hydrogens (tertiary/aromatic N) is 5. The fourth-order valence-electron chi connectivity index (χ4n) is 2.94. The maximum Gasteiger partial charge on any atom is 0.269 e. The molecule has 11 nitrogen and oxygen atoms in total. The van der Waals surface area contributed by atoms with Gasteiger partial charge in [0.15, 0.2) is 0 Å². The van der Waals surface area contributed by atoms with E-state index in [0.717, 1.165) is 10.00 Å². The van der Waals surface area contributed by atoms with E-state index < -0.39 is 21.8 Å². The van der Waals surface area contributed by atoms with Gasteiger partial charge in [0, 0.05) is 36.6 Å². The lowest BCUT2D eigenvalue weighted by atomic mass is 10.1. The van der Waals surface area contributed by atoms with Crippen LogP contribution in [0.4, 0.5) is 0 Å². The van der Waals surface area contributed by atoms with Crippen molar-refractivity contribution in [3.63, 3.8) is 0 Å². The molecule has 0 atom stereocenters. The second-order valence-corrected chi connectivity index (χ2v) is 9.99. The monoisotopic (exact) mass is 477 g/mol. The molecule has 0 saturated carbocycles. The Bertz CT molecular complexity index is 1300. The van der Waals surface area contributed by atoms with Gasteiger partial charge in [0.1, 0.15) is 0 Å². The number of rotatable bonds is 6. The normalized spacial score (nSPS) is 11.7. The zero-order valence-corrected chi connectivity index (χ0v) is 19.8. The quantitative estimate of drug-likeness (QED) is 0.391. The van der Waals surface area contributed by atoms with Gasteiger partial charge in [0.05, 0.1) is 11.3 Å². The van der Waals surface area contributed by atoms with E-state index in [-0.39, 0.29) is 16.9 Å². The number of hydrogen-bond donors (Lipinski definition) is 2. The summed E-state index contributed by atoms with van der Waals surface area (Å²) < 4.78 is 27.2. The number of amides is 2. The Kier molecular flexibility index (Phi) is 6.81. The number of carbonyl (C=O) groups is 2. The molecular weight excluding hydrogens is 454 g/mol. The predicted octanol–water partition coefficient (Wildman–Crippen LogP) is 0.717. The number of carbonyl (C=O) groups excluding carboxylic acids is 2. The van der Waals surface area contributed by atoms with Crippen LogP contribution in [0.15, 0.2) is 34.3 Å². The second-order valence-electron chi connectivity index (χ2n) is 7.07. The van der Waals surface area contributed by atoms with E-state index in [0.29, 0.717) is 22.2 Å². The molecule has 2 N–H and O–H groups in total. The first-order valence-corrected chi connectivity index (χ1v) is 12.1. The Morgan fingerprint density at radius 3 is 2.53 bits per heavy atom. The van der Waals surface area contributed by atoms with Crippen LogP contribution in [0.1, 0.15) is 27.3 Å². The van der Waals surface area contributed by atoms with Crippen molar-refractivity contribution in [2.24, 2.45) is 0 Å². The summed E-state index contributed by atoms with van der Waals surface area (Å²) >= 11 is 1.39. The number of nitrogens with one attached hydrogen (secondary N) is 2. The first-order valence-electron chi connectivity index (χ1n) is 9.43. The van der Waals surface area contributed by atoms with Crippen LogP contribution in [0.3, 0.4) is 0 Å². The van der Waals surface area contributed by atoms with Gasteiger partial charge >= 0.3 is 0 Å². The summed E-state index contributed by atoms with van der Waals surface area (Å²) in [4.78, 5) is 33.6. The van der Waals surface area contributed by atoms with E-state index in [4.69, 9.17) is 0 Å². The lowest BCUT2D eigenvalue weighted by Crippen LogP contribution is -2.42. The van der Waals surface area contributed by atoms with Crippen molar-refractivity contribution in [2.45, 2.75) is 30.3 Å². The number of thioether (sulfide) groups is 1. The number of hydrogen-bond acceptors (Lipinski definition) is 8. The first kappa shape index (κ1) is 23.6. The van der Waals surface area contributed by atoms with Gasteiger partial charge in [-0.1, -0.05) is 17.8 Å². The third kappa shape index (κ3) is 4.74. The lowest BCUT2D eigenvalue weighted by Gasteiger charge is -2.13. The minimum Gasteiger partial charge on any atom is -0.273 e. The lowest BCUT2D eigenvalue weighted by molar-refractivity contribution is -0.121. The molecule has 0 fully saturated rings. The van der Waals surface area contributed by atoms with Crippen LogP contribution in [0.2, 0.25) is 0 Å². The average Bonchev–Trinajstić information content (AvgIpc) is 3.18. The van der Waals surface area contributed by atoms with Crippen molar-refractivity contribution in [2.75, 3.05) is 20.4 Å². The molecule has 3 rings (SSSR count). The van der Waals surface area contributed by atoms with Crippen LogP contribution in [-0.2, 0) is 21.2 Å². The number of benzene rings is 1. The second kappa shape index (κ2) is 9.22. The molecule has 0 saturated heterocycles. The van der Waals surface area contributed by atoms with E-state index in [1.807, 2.05) is 13.2 Å². The van der Waals surface area contributed by atoms with Crippen LogP contribution in [0, 0.1) is 13.8 Å². The summed E-state index contributed by atoms with van der Waals surface area (Å²) in [6.45, 7) is 3.59. The molecule has 2 aromatic heterocycles. The highest BCUT2D eigenvalue weighted by molar-refractivity contribution is 7.98. The summed E-state index contributed by atoms with van der Waals surface area (Å²) in [6.07, 6.45) is 1.82. The molecule has 0 radical (unpaired) electrons. The number of aryl methyl sites for hydroxylation is 2. The molecular formula is C19H23N7O4S2. The van der Waals surface area contributed by atoms with E-state index in [2.05, 4.69) is 25.9 Å². The van der Waals surface area contributed by atoms with Crippen LogP contribution >= 0.6 is 11.8 Å². The molecule has 0 aliphatic rings. The van der Waals surface area contributed by atoms with Crippen LogP contribution in [0.25, 0.3) is 5.78 Å². The van der Waals surface area contributed by atoms with Gasteiger partial charge in [-0.05, 0) is 38.3 Å². The molecule has 32 heavy (non-hydrogen) atoms. The summed E-state index contributed by atoms with van der Waals surface area (Å²) in [6, 6.07) is 5.56. The topological polar surface area (TPSA) is 139 Å². The standard InChI is InChI=1S/C19H23N7O4S2/c1-11-15(12(2)26-18(20-11)21-19(24-26)31-5)10-16(27)22-23-17(28)13-7-6-8-14(9-13)32(29,30)25(3)4/h6-9H,10H2,1-5H3,(H,22,27)(H,23,28). The molecule has 0 unspecified atom stereocenters.